The lowest BCUT2D eigenvalue weighted by molar-refractivity contribution is -0.150. The van der Waals surface area contributed by atoms with Crippen LogP contribution in [-0.4, -0.2) is 41.7 Å². The van der Waals surface area contributed by atoms with E-state index in [0.29, 0.717) is 17.9 Å². The fraction of sp³-hybridized carbons (Fsp3) is 0.348. The van der Waals surface area contributed by atoms with Crippen molar-refractivity contribution in [3.8, 4) is 5.75 Å². The van der Waals surface area contributed by atoms with E-state index in [1.807, 2.05) is 24.3 Å². The molecule has 0 atom stereocenters. The molecular weight excluding hydrogens is 454 g/mol. The molecule has 0 spiro atoms. The third-order valence-corrected chi connectivity index (χ3v) is 5.83. The zero-order valence-electron chi connectivity index (χ0n) is 18.1. The van der Waals surface area contributed by atoms with Crippen molar-refractivity contribution in [2.45, 2.75) is 48.9 Å². The molecule has 0 saturated heterocycles. The molecule has 0 saturated carbocycles. The van der Waals surface area contributed by atoms with Crippen molar-refractivity contribution in [2.24, 2.45) is 0 Å². The summed E-state index contributed by atoms with van der Waals surface area (Å²) in [4.78, 5) is 36.3. The summed E-state index contributed by atoms with van der Waals surface area (Å²) in [6.45, 7) is 3.60. The van der Waals surface area contributed by atoms with Gasteiger partial charge in [-0.3, -0.25) is 14.4 Å². The predicted octanol–water partition coefficient (Wildman–Crippen LogP) is 4.13. The van der Waals surface area contributed by atoms with E-state index in [0.717, 1.165) is 15.4 Å². The number of aryl methyl sites for hydroxylation is 1. The molecule has 0 fully saturated rings. The molecule has 32 heavy (non-hydrogen) atoms. The van der Waals surface area contributed by atoms with Crippen LogP contribution in [0.2, 0.25) is 5.02 Å². The van der Waals surface area contributed by atoms with Crippen LogP contribution in [0.5, 0.6) is 5.75 Å². The lowest BCUT2D eigenvalue weighted by Crippen LogP contribution is -2.55. The van der Waals surface area contributed by atoms with Crippen LogP contribution >= 0.6 is 23.4 Å². The van der Waals surface area contributed by atoms with Crippen molar-refractivity contribution < 1.29 is 29.0 Å². The van der Waals surface area contributed by atoms with Crippen LogP contribution in [0.4, 0.5) is 0 Å². The molecule has 9 heteroatoms. The van der Waals surface area contributed by atoms with Crippen LogP contribution in [0.25, 0.3) is 0 Å². The van der Waals surface area contributed by atoms with E-state index < -0.39 is 17.5 Å². The van der Waals surface area contributed by atoms with Gasteiger partial charge in [0.1, 0.15) is 24.5 Å². The first-order chi connectivity index (χ1) is 15.1. The third-order valence-electron chi connectivity index (χ3n) is 4.50. The summed E-state index contributed by atoms with van der Waals surface area (Å²) in [5.74, 6) is -1.16. The number of hydrogen-bond donors (Lipinski definition) is 2. The van der Waals surface area contributed by atoms with E-state index in [1.54, 1.807) is 18.2 Å². The fourth-order valence-electron chi connectivity index (χ4n) is 3.02. The van der Waals surface area contributed by atoms with Gasteiger partial charge in [0.05, 0.1) is 0 Å². The number of halogens is 1. The van der Waals surface area contributed by atoms with E-state index in [2.05, 4.69) is 5.32 Å². The van der Waals surface area contributed by atoms with Gasteiger partial charge in [0.25, 0.3) is 0 Å². The number of carbonyl (C=O) groups excluding carboxylic acids is 3. The van der Waals surface area contributed by atoms with Crippen molar-refractivity contribution in [1.82, 2.24) is 5.32 Å². The van der Waals surface area contributed by atoms with E-state index in [9.17, 15) is 19.5 Å². The molecule has 2 N–H and O–H groups in total. The Morgan fingerprint density at radius 1 is 1.00 bits per heavy atom. The minimum absolute atomic E-state index is 0.141. The van der Waals surface area contributed by atoms with Crippen molar-refractivity contribution in [3.63, 3.8) is 0 Å². The van der Waals surface area contributed by atoms with E-state index in [1.165, 1.54) is 32.5 Å². The Kier molecular flexibility index (Phi) is 9.41. The topological polar surface area (TPSA) is 102 Å². The Bertz CT molecular complexity index is 963. The van der Waals surface area contributed by atoms with Crippen LogP contribution < -0.4 is 5.32 Å². The number of esters is 2. The number of ether oxygens (including phenoxy) is 2. The highest BCUT2D eigenvalue weighted by Crippen LogP contribution is 2.33. The SMILES string of the molecule is CC(=O)NC(CCc1ccc(Sc2cccc(O)c2)cc1Cl)(COC(C)=O)COC(C)=O. The van der Waals surface area contributed by atoms with Gasteiger partial charge in [0.2, 0.25) is 5.91 Å². The van der Waals surface area contributed by atoms with Crippen molar-refractivity contribution in [2.75, 3.05) is 13.2 Å². The average Bonchev–Trinajstić information content (AvgIpc) is 2.69. The van der Waals surface area contributed by atoms with Gasteiger partial charge in [-0.15, -0.1) is 0 Å². The number of nitrogens with one attached hydrogen (secondary N) is 1. The van der Waals surface area contributed by atoms with Gasteiger partial charge in [-0.2, -0.15) is 0 Å². The standard InChI is InChI=1S/C23H26ClNO6S/c1-15(26)25-23(13-30-16(2)27,14-31-17(3)28)10-9-18-7-8-21(12-22(18)24)32-20-6-4-5-19(29)11-20/h4-8,11-12,29H,9-10,13-14H2,1-3H3,(H,25,26). The first-order valence-corrected chi connectivity index (χ1v) is 11.1. The van der Waals surface area contributed by atoms with Gasteiger partial charge in [0.15, 0.2) is 0 Å². The normalized spacial score (nSPS) is 11.0. The van der Waals surface area contributed by atoms with Crippen LogP contribution in [0.3, 0.4) is 0 Å². The van der Waals surface area contributed by atoms with Crippen LogP contribution in [-0.2, 0) is 30.3 Å². The highest BCUT2D eigenvalue weighted by atomic mass is 35.5. The summed E-state index contributed by atoms with van der Waals surface area (Å²) in [6.07, 6.45) is 0.768. The number of hydrogen-bond acceptors (Lipinski definition) is 7. The molecular formula is C23H26ClNO6S. The predicted molar refractivity (Wildman–Crippen MR) is 122 cm³/mol. The monoisotopic (exact) mass is 479 g/mol. The van der Waals surface area contributed by atoms with Crippen LogP contribution in [0, 0.1) is 0 Å². The number of amides is 1. The number of aromatic hydroxyl groups is 1. The smallest absolute Gasteiger partial charge is 0.302 e. The Morgan fingerprint density at radius 2 is 1.62 bits per heavy atom. The second kappa shape index (κ2) is 11.8. The van der Waals surface area contributed by atoms with E-state index in [-0.39, 0.29) is 24.9 Å². The molecule has 2 aromatic rings. The number of carbonyl (C=O) groups is 3. The first kappa shape index (κ1) is 25.5. The maximum absolute atomic E-state index is 11.8. The quantitative estimate of drug-likeness (QED) is 0.494. The summed E-state index contributed by atoms with van der Waals surface area (Å²) < 4.78 is 10.3. The summed E-state index contributed by atoms with van der Waals surface area (Å²) in [7, 11) is 0. The first-order valence-electron chi connectivity index (χ1n) is 9.89. The molecule has 2 aromatic carbocycles. The lowest BCUT2D eigenvalue weighted by Gasteiger charge is -2.33. The fourth-order valence-corrected chi connectivity index (χ4v) is 4.28. The highest BCUT2D eigenvalue weighted by molar-refractivity contribution is 7.99. The third kappa shape index (κ3) is 8.43. The highest BCUT2D eigenvalue weighted by Gasteiger charge is 2.34. The Labute approximate surface area is 196 Å². The molecule has 0 aromatic heterocycles. The Balaban J connectivity index is 2.17. The minimum Gasteiger partial charge on any atom is -0.508 e. The molecule has 0 aliphatic rings. The molecule has 0 aliphatic carbocycles. The molecule has 0 bridgehead atoms. The molecule has 0 radical (unpaired) electrons. The molecule has 172 valence electrons. The number of phenolic OH excluding ortho intramolecular Hbond substituents is 1. The Hall–Kier alpha value is -2.71. The summed E-state index contributed by atoms with van der Waals surface area (Å²) in [5.41, 5.74) is -0.256. The number of phenols is 1. The van der Waals surface area contributed by atoms with E-state index >= 15 is 0 Å². The summed E-state index contributed by atoms with van der Waals surface area (Å²) in [6, 6.07) is 12.5. The average molecular weight is 480 g/mol. The maximum atomic E-state index is 11.8. The van der Waals surface area contributed by atoms with Crippen molar-refractivity contribution in [1.29, 1.82) is 0 Å². The molecule has 7 nitrogen and oxygen atoms in total. The molecule has 0 aliphatic heterocycles. The maximum Gasteiger partial charge on any atom is 0.302 e. The molecule has 2 rings (SSSR count). The van der Waals surface area contributed by atoms with E-state index in [4.69, 9.17) is 21.1 Å². The largest absolute Gasteiger partial charge is 0.508 e. The van der Waals surface area contributed by atoms with Crippen molar-refractivity contribution in [3.05, 3.63) is 53.1 Å². The molecule has 1 amide bonds. The van der Waals surface area contributed by atoms with Gasteiger partial charge in [-0.1, -0.05) is 35.5 Å². The number of rotatable bonds is 10. The van der Waals surface area contributed by atoms with Gasteiger partial charge in [0, 0.05) is 35.6 Å². The van der Waals surface area contributed by atoms with Crippen LogP contribution in [0.1, 0.15) is 32.8 Å². The number of benzene rings is 2. The Morgan fingerprint density at radius 3 is 2.16 bits per heavy atom. The van der Waals surface area contributed by atoms with Gasteiger partial charge < -0.3 is 19.9 Å². The summed E-state index contributed by atoms with van der Waals surface area (Å²) >= 11 is 7.96. The molecule has 0 heterocycles. The van der Waals surface area contributed by atoms with Crippen molar-refractivity contribution >= 4 is 41.2 Å². The van der Waals surface area contributed by atoms with Gasteiger partial charge in [-0.05, 0) is 48.7 Å². The second-order valence-corrected chi connectivity index (χ2v) is 8.93. The lowest BCUT2D eigenvalue weighted by atomic mass is 9.92. The van der Waals surface area contributed by atoms with Crippen LogP contribution in [0.15, 0.2) is 52.3 Å². The zero-order valence-corrected chi connectivity index (χ0v) is 19.7. The minimum atomic E-state index is -1.08. The second-order valence-electron chi connectivity index (χ2n) is 7.37. The van der Waals surface area contributed by atoms with Gasteiger partial charge >= 0.3 is 11.9 Å². The summed E-state index contributed by atoms with van der Waals surface area (Å²) in [5, 5.41) is 12.9. The van der Waals surface area contributed by atoms with Gasteiger partial charge in [-0.25, -0.2) is 0 Å². The zero-order chi connectivity index (χ0) is 23.7. The molecule has 0 unspecified atom stereocenters.